The Bertz CT molecular complexity index is 2940. The number of rotatable bonds is 29. The first kappa shape index (κ1) is 56.0. The molecule has 2 aromatic carbocycles. The maximum Gasteiger partial charge on any atom is 0.348 e. The van der Waals surface area contributed by atoms with Gasteiger partial charge in [-0.1, -0.05) is 18.2 Å². The minimum atomic E-state index is -0.574. The minimum Gasteiger partial charge on any atom is -0.383 e. The number of carbonyl (C=O) groups excluding carboxylic acids is 3. The third kappa shape index (κ3) is 16.1. The highest BCUT2D eigenvalue weighted by atomic mass is 32.1. The average molecular weight is 1080 g/mol. The monoisotopic (exact) mass is 1080 g/mol. The Hall–Kier alpha value is -7.26. The molecule has 77 heavy (non-hydrogen) atoms. The van der Waals surface area contributed by atoms with Crippen LogP contribution in [0.2, 0.25) is 0 Å². The van der Waals surface area contributed by atoms with E-state index in [1.165, 1.54) is 26.0 Å². The fourth-order valence-corrected chi connectivity index (χ4v) is 9.64. The molecule has 0 saturated carbocycles. The fourth-order valence-electron chi connectivity index (χ4n) is 8.86. The summed E-state index contributed by atoms with van der Waals surface area (Å²) in [5.41, 5.74) is 4.47. The van der Waals surface area contributed by atoms with Crippen LogP contribution in [0, 0.1) is 22.9 Å². The van der Waals surface area contributed by atoms with Gasteiger partial charge in [-0.15, -0.1) is 5.10 Å². The van der Waals surface area contributed by atoms with Crippen LogP contribution in [0.3, 0.4) is 0 Å². The molecule has 2 fully saturated rings. The van der Waals surface area contributed by atoms with Gasteiger partial charge in [0.1, 0.15) is 28.8 Å². The summed E-state index contributed by atoms with van der Waals surface area (Å²) < 4.78 is 43.9. The molecule has 6 aromatic rings. The topological polar surface area (TPSA) is 254 Å². The quantitative estimate of drug-likeness (QED) is 0.0254. The molecule has 2 saturated heterocycles. The molecule has 0 spiro atoms. The van der Waals surface area contributed by atoms with Crippen molar-refractivity contribution in [2.45, 2.75) is 32.7 Å². The van der Waals surface area contributed by atoms with Gasteiger partial charge >= 0.3 is 5.00 Å². The maximum atomic E-state index is 14.1. The molecule has 8 rings (SSSR count). The van der Waals surface area contributed by atoms with Gasteiger partial charge in [0.15, 0.2) is 10.8 Å². The number of aryl methyl sites for hydroxylation is 1. The summed E-state index contributed by atoms with van der Waals surface area (Å²) in [6.07, 6.45) is 3.72. The summed E-state index contributed by atoms with van der Waals surface area (Å²) in [5.74, 6) is 0.426. The molecule has 0 bridgehead atoms. The second-order valence-electron chi connectivity index (χ2n) is 18.1. The largest absolute Gasteiger partial charge is 0.383 e. The molecule has 4 aromatic heterocycles. The molecule has 2 aliphatic rings. The van der Waals surface area contributed by atoms with Crippen molar-refractivity contribution < 1.29 is 47.4 Å². The number of hydrogen-bond acceptors (Lipinski definition) is 19. The first-order valence-electron chi connectivity index (χ1n) is 25.5. The van der Waals surface area contributed by atoms with Gasteiger partial charge in [0.2, 0.25) is 11.8 Å². The number of amides is 3. The molecular weight excluding hydrogens is 1020 g/mol. The molecule has 3 amide bonds. The molecule has 25 heteroatoms. The Balaban J connectivity index is 0.616. The fraction of sp³-hybridized carbons (Fsp3) is 0.442. The van der Waals surface area contributed by atoms with Gasteiger partial charge in [0.25, 0.3) is 5.91 Å². The van der Waals surface area contributed by atoms with Crippen molar-refractivity contribution in [3.63, 3.8) is 0 Å². The summed E-state index contributed by atoms with van der Waals surface area (Å²) >= 11 is 0.753. The summed E-state index contributed by atoms with van der Waals surface area (Å²) in [4.78, 5) is 68.4. The molecule has 23 nitrogen and oxygen atoms in total. The zero-order valence-corrected chi connectivity index (χ0v) is 43.9. The van der Waals surface area contributed by atoms with E-state index in [0.717, 1.165) is 91.1 Å². The van der Waals surface area contributed by atoms with E-state index in [0.29, 0.717) is 91.4 Å². The van der Waals surface area contributed by atoms with Crippen LogP contribution < -0.4 is 31.1 Å². The lowest BCUT2D eigenvalue weighted by Crippen LogP contribution is -2.50. The van der Waals surface area contributed by atoms with Crippen molar-refractivity contribution in [3.8, 4) is 11.4 Å². The highest BCUT2D eigenvalue weighted by Gasteiger charge is 2.29. The van der Waals surface area contributed by atoms with Gasteiger partial charge in [-0.3, -0.25) is 34.7 Å². The minimum absolute atomic E-state index is 0.0479. The number of pyridine rings is 1. The molecule has 1 atom stereocenters. The van der Waals surface area contributed by atoms with E-state index in [4.69, 9.17) is 33.8 Å². The van der Waals surface area contributed by atoms with Crippen LogP contribution in [-0.2, 0) is 33.3 Å². The third-order valence-electron chi connectivity index (χ3n) is 12.6. The molecule has 4 N–H and O–H groups in total. The van der Waals surface area contributed by atoms with Gasteiger partial charge in [0.05, 0.1) is 107 Å². The van der Waals surface area contributed by atoms with E-state index >= 15 is 0 Å². The second kappa shape index (κ2) is 28.2. The summed E-state index contributed by atoms with van der Waals surface area (Å²) in [6, 6.07) is 21.6. The van der Waals surface area contributed by atoms with Gasteiger partial charge in [-0.25, -0.2) is 23.9 Å². The van der Waals surface area contributed by atoms with Crippen molar-refractivity contribution in [1.29, 1.82) is 0 Å². The highest BCUT2D eigenvalue weighted by Crippen LogP contribution is 2.36. The molecule has 6 heterocycles. The molecule has 410 valence electrons. The smallest absolute Gasteiger partial charge is 0.348 e. The average Bonchev–Trinajstić information content (AvgIpc) is 4.20. The van der Waals surface area contributed by atoms with E-state index in [1.54, 1.807) is 30.5 Å². The lowest BCUT2D eigenvalue weighted by molar-refractivity contribution is -0.380. The number of piperazine rings is 1. The lowest BCUT2D eigenvalue weighted by atomic mass is 10.0. The third-order valence-corrected chi connectivity index (χ3v) is 13.6. The van der Waals surface area contributed by atoms with Crippen LogP contribution in [0.15, 0.2) is 79.0 Å². The van der Waals surface area contributed by atoms with E-state index in [-0.39, 0.29) is 50.8 Å². The zero-order valence-electron chi connectivity index (χ0n) is 43.1. The Morgan fingerprint density at radius 2 is 1.49 bits per heavy atom. The summed E-state index contributed by atoms with van der Waals surface area (Å²) in [6.45, 7) is 11.6. The number of halogens is 1. The van der Waals surface area contributed by atoms with E-state index in [1.807, 2.05) is 40.9 Å². The van der Waals surface area contributed by atoms with E-state index in [9.17, 15) is 28.9 Å². The molecule has 0 radical (unpaired) electrons. The highest BCUT2D eigenvalue weighted by molar-refractivity contribution is 7.19. The number of ether oxygens (including phenoxy) is 5. The maximum absolute atomic E-state index is 14.1. The van der Waals surface area contributed by atoms with Crippen LogP contribution in [0.4, 0.5) is 37.5 Å². The molecule has 2 aliphatic heterocycles. The number of thiazole rings is 1. The number of nitrogens with zero attached hydrogens (tertiary/aromatic N) is 9. The Morgan fingerprint density at radius 3 is 2.18 bits per heavy atom. The van der Waals surface area contributed by atoms with Gasteiger partial charge in [-0.2, -0.15) is 0 Å². The van der Waals surface area contributed by atoms with Crippen molar-refractivity contribution >= 4 is 67.8 Å². The van der Waals surface area contributed by atoms with Crippen molar-refractivity contribution in [3.05, 3.63) is 112 Å². The number of nitro groups is 1. The predicted octanol–water partition coefficient (Wildman–Crippen LogP) is 5.59. The number of fused-ring (bicyclic) bond motifs is 1. The standard InChI is InChI=1S/C52H64FN13O10S/c1-36-51(66(70)71)77-52(57-36)60-50(69)41-12-11-40(33-43(41)58-37(2)67)54-15-22-72-24-26-74-28-30-76-31-29-75-27-25-73-23-16-55-49(68)35-62-18-20-63(21-19-62)47-10-4-8-42(59-47)45-34-56-46-13-14-48(61-65(45)46)64-17-5-9-44(64)38-6-3-7-39(53)32-38/h3-4,6-8,10-14,32-34,44,54H,5,9,15-31,35H2,1-2H3,(H,55,68)(H,58,67)(H,57,60,69)/t44-/m1/s1. The second-order valence-corrected chi connectivity index (χ2v) is 19.0. The molecule has 0 aliphatic carbocycles. The Kier molecular flexibility index (Phi) is 20.5. The summed E-state index contributed by atoms with van der Waals surface area (Å²) in [7, 11) is 0. The van der Waals surface area contributed by atoms with Gasteiger partial charge in [-0.05, 0) is 91.3 Å². The lowest BCUT2D eigenvalue weighted by Gasteiger charge is -2.35. The number of benzene rings is 2. The first-order valence-corrected chi connectivity index (χ1v) is 26.4. The van der Waals surface area contributed by atoms with Crippen LogP contribution in [0.25, 0.3) is 17.0 Å². The van der Waals surface area contributed by atoms with Crippen molar-refractivity contribution in [1.82, 2.24) is 34.8 Å². The molecular formula is C52H64FN13O10S. The number of hydrogen-bond donors (Lipinski definition) is 4. The SMILES string of the molecule is CC(=O)Nc1cc(NCCOCCOCCOCCOCCOCCNC(=O)CN2CCN(c3cccc(-c4cnc5ccc(N6CCC[C@@H]6c6cccc(F)c6)nn45)n3)CC2)ccc1C(=O)Nc1nc(C)c([N+](=O)[O-])s1. The molecule has 0 unspecified atom stereocenters. The number of nitrogens with one attached hydrogen (secondary N) is 4. The van der Waals surface area contributed by atoms with Crippen molar-refractivity contribution in [2.24, 2.45) is 0 Å². The van der Waals surface area contributed by atoms with E-state index < -0.39 is 10.8 Å². The number of aromatic nitrogens is 5. The first-order chi connectivity index (χ1) is 37.5. The van der Waals surface area contributed by atoms with Crippen molar-refractivity contribution in [2.75, 3.05) is 144 Å². The van der Waals surface area contributed by atoms with E-state index in [2.05, 4.69) is 45.9 Å². The van der Waals surface area contributed by atoms with Crippen LogP contribution in [-0.4, -0.2) is 171 Å². The Labute approximate surface area is 448 Å². The zero-order chi connectivity index (χ0) is 53.9. The number of carbonyl (C=O) groups is 3. The van der Waals surface area contributed by atoms with Gasteiger partial charge in [0, 0.05) is 58.4 Å². The Morgan fingerprint density at radius 1 is 0.792 bits per heavy atom. The predicted molar refractivity (Wildman–Crippen MR) is 288 cm³/mol. The van der Waals surface area contributed by atoms with Crippen LogP contribution >= 0.6 is 11.3 Å². The normalized spacial score (nSPS) is 14.8. The van der Waals surface area contributed by atoms with Crippen LogP contribution in [0.5, 0.6) is 0 Å². The number of imidazole rings is 1. The summed E-state index contributed by atoms with van der Waals surface area (Å²) in [5, 5.41) is 27.4. The van der Waals surface area contributed by atoms with Gasteiger partial charge < -0.3 is 49.4 Å². The van der Waals surface area contributed by atoms with Crippen LogP contribution in [0.1, 0.15) is 47.4 Å². The number of anilines is 5.